The monoisotopic (exact) mass is 341 g/mol. The van der Waals surface area contributed by atoms with Crippen LogP contribution in [0.3, 0.4) is 0 Å². The van der Waals surface area contributed by atoms with Gasteiger partial charge in [-0.2, -0.15) is 0 Å². The van der Waals surface area contributed by atoms with Gasteiger partial charge in [0.05, 0.1) is 6.10 Å². The molecule has 0 bridgehead atoms. The van der Waals surface area contributed by atoms with Crippen LogP contribution in [0, 0.1) is 5.92 Å². The highest BCUT2D eigenvalue weighted by Crippen LogP contribution is 2.36. The molecule has 1 fully saturated rings. The number of ether oxygens (including phenoxy) is 2. The van der Waals surface area contributed by atoms with Crippen LogP contribution < -0.4 is 9.47 Å². The molecule has 0 amide bonds. The standard InChI is InChI=1S/C15H20BrNO3/c1-17(8-10-4-12(18)5-10)9-11-6-14-15(7-13(11)16)20-3-2-19-14/h6-7,10,12,18H,2-5,8-9H2,1H3. The summed E-state index contributed by atoms with van der Waals surface area (Å²) in [4.78, 5) is 2.30. The van der Waals surface area contributed by atoms with E-state index in [1.165, 1.54) is 5.56 Å². The van der Waals surface area contributed by atoms with Crippen LogP contribution in [0.15, 0.2) is 16.6 Å². The van der Waals surface area contributed by atoms with E-state index in [1.54, 1.807) is 0 Å². The Hall–Kier alpha value is -0.780. The fraction of sp³-hybridized carbons (Fsp3) is 0.600. The van der Waals surface area contributed by atoms with Crippen molar-refractivity contribution in [3.05, 3.63) is 22.2 Å². The van der Waals surface area contributed by atoms with Gasteiger partial charge in [-0.3, -0.25) is 0 Å². The summed E-state index contributed by atoms with van der Waals surface area (Å²) in [5.41, 5.74) is 1.21. The van der Waals surface area contributed by atoms with E-state index in [9.17, 15) is 5.11 Å². The van der Waals surface area contributed by atoms with Gasteiger partial charge < -0.3 is 19.5 Å². The molecule has 1 aromatic carbocycles. The summed E-state index contributed by atoms with van der Waals surface area (Å²) in [5.74, 6) is 2.28. The van der Waals surface area contributed by atoms with Crippen molar-refractivity contribution in [2.75, 3.05) is 26.8 Å². The molecule has 1 aliphatic carbocycles. The molecule has 0 aromatic heterocycles. The quantitative estimate of drug-likeness (QED) is 0.913. The molecule has 0 saturated heterocycles. The summed E-state index contributed by atoms with van der Waals surface area (Å²) in [6.07, 6.45) is 1.80. The highest BCUT2D eigenvalue weighted by molar-refractivity contribution is 9.10. The molecular formula is C15H20BrNO3. The normalized spacial score (nSPS) is 24.6. The minimum atomic E-state index is -0.0746. The van der Waals surface area contributed by atoms with E-state index in [-0.39, 0.29) is 6.10 Å². The maximum Gasteiger partial charge on any atom is 0.162 e. The summed E-state index contributed by atoms with van der Waals surface area (Å²) in [6, 6.07) is 4.05. The number of benzene rings is 1. The molecule has 1 N–H and O–H groups in total. The summed E-state index contributed by atoms with van der Waals surface area (Å²) in [5, 5.41) is 9.34. The fourth-order valence-corrected chi connectivity index (χ4v) is 3.32. The Labute approximate surface area is 127 Å². The smallest absolute Gasteiger partial charge is 0.162 e. The second kappa shape index (κ2) is 5.92. The fourth-order valence-electron chi connectivity index (χ4n) is 2.87. The van der Waals surface area contributed by atoms with E-state index in [0.29, 0.717) is 19.1 Å². The summed E-state index contributed by atoms with van der Waals surface area (Å²) in [7, 11) is 2.12. The topological polar surface area (TPSA) is 41.9 Å². The molecule has 1 aliphatic heterocycles. The van der Waals surface area contributed by atoms with Crippen molar-refractivity contribution in [2.24, 2.45) is 5.92 Å². The van der Waals surface area contributed by atoms with Crippen LogP contribution in [0.4, 0.5) is 0 Å². The van der Waals surface area contributed by atoms with E-state index < -0.39 is 0 Å². The minimum absolute atomic E-state index is 0.0746. The Morgan fingerprint density at radius 2 is 1.90 bits per heavy atom. The van der Waals surface area contributed by atoms with E-state index >= 15 is 0 Å². The third-order valence-electron chi connectivity index (χ3n) is 3.93. The Balaban J connectivity index is 1.64. The molecule has 5 heteroatoms. The first-order valence-corrected chi connectivity index (χ1v) is 7.85. The van der Waals surface area contributed by atoms with Crippen molar-refractivity contribution in [1.82, 2.24) is 4.90 Å². The molecule has 4 nitrogen and oxygen atoms in total. The lowest BCUT2D eigenvalue weighted by atomic mass is 9.82. The largest absolute Gasteiger partial charge is 0.486 e. The van der Waals surface area contributed by atoms with Crippen molar-refractivity contribution >= 4 is 15.9 Å². The molecule has 0 spiro atoms. The average Bonchev–Trinajstić information content (AvgIpc) is 2.38. The van der Waals surface area contributed by atoms with Crippen LogP contribution in [-0.4, -0.2) is 42.9 Å². The zero-order valence-electron chi connectivity index (χ0n) is 11.6. The average molecular weight is 342 g/mol. The molecule has 20 heavy (non-hydrogen) atoms. The number of hydrogen-bond acceptors (Lipinski definition) is 4. The van der Waals surface area contributed by atoms with Gasteiger partial charge in [-0.15, -0.1) is 0 Å². The maximum absolute atomic E-state index is 9.34. The highest BCUT2D eigenvalue weighted by atomic mass is 79.9. The van der Waals surface area contributed by atoms with Gasteiger partial charge in [0, 0.05) is 17.6 Å². The molecule has 1 heterocycles. The van der Waals surface area contributed by atoms with Gasteiger partial charge >= 0.3 is 0 Å². The third kappa shape index (κ3) is 3.10. The molecule has 0 radical (unpaired) electrons. The minimum Gasteiger partial charge on any atom is -0.486 e. The molecule has 3 rings (SSSR count). The lowest BCUT2D eigenvalue weighted by Gasteiger charge is -2.34. The van der Waals surface area contributed by atoms with E-state index in [2.05, 4.69) is 33.9 Å². The van der Waals surface area contributed by atoms with E-state index in [1.807, 2.05) is 6.07 Å². The van der Waals surface area contributed by atoms with Gasteiger partial charge in [0.15, 0.2) is 11.5 Å². The van der Waals surface area contributed by atoms with Crippen LogP contribution >= 0.6 is 15.9 Å². The Morgan fingerprint density at radius 1 is 1.25 bits per heavy atom. The number of hydrogen-bond donors (Lipinski definition) is 1. The van der Waals surface area contributed by atoms with Crippen LogP contribution in [0.1, 0.15) is 18.4 Å². The molecule has 0 unspecified atom stereocenters. The van der Waals surface area contributed by atoms with Gasteiger partial charge in [-0.05, 0) is 43.5 Å². The molecule has 1 saturated carbocycles. The number of aliphatic hydroxyl groups is 1. The van der Waals surface area contributed by atoms with Crippen molar-refractivity contribution < 1.29 is 14.6 Å². The van der Waals surface area contributed by atoms with E-state index in [4.69, 9.17) is 9.47 Å². The third-order valence-corrected chi connectivity index (χ3v) is 4.67. The van der Waals surface area contributed by atoms with Gasteiger partial charge in [-0.1, -0.05) is 15.9 Å². The number of nitrogens with zero attached hydrogens (tertiary/aromatic N) is 1. The molecule has 2 aliphatic rings. The molecular weight excluding hydrogens is 322 g/mol. The Morgan fingerprint density at radius 3 is 2.55 bits per heavy atom. The summed E-state index contributed by atoms with van der Waals surface area (Å²) >= 11 is 3.61. The lowest BCUT2D eigenvalue weighted by Crippen LogP contribution is -2.36. The van der Waals surface area contributed by atoms with Crippen molar-refractivity contribution in [3.63, 3.8) is 0 Å². The van der Waals surface area contributed by atoms with Crippen molar-refractivity contribution in [3.8, 4) is 11.5 Å². The first-order chi connectivity index (χ1) is 9.61. The number of halogens is 1. The summed E-state index contributed by atoms with van der Waals surface area (Å²) in [6.45, 7) is 3.12. The first kappa shape index (κ1) is 14.2. The van der Waals surface area contributed by atoms with Gasteiger partial charge in [0.1, 0.15) is 13.2 Å². The first-order valence-electron chi connectivity index (χ1n) is 7.06. The lowest BCUT2D eigenvalue weighted by molar-refractivity contribution is 0.0273. The molecule has 1 aromatic rings. The zero-order valence-corrected chi connectivity index (χ0v) is 13.2. The van der Waals surface area contributed by atoms with Gasteiger partial charge in [0.25, 0.3) is 0 Å². The van der Waals surface area contributed by atoms with Gasteiger partial charge in [-0.25, -0.2) is 0 Å². The van der Waals surface area contributed by atoms with Crippen LogP contribution in [0.25, 0.3) is 0 Å². The predicted molar refractivity (Wildman–Crippen MR) is 80.2 cm³/mol. The highest BCUT2D eigenvalue weighted by Gasteiger charge is 2.28. The van der Waals surface area contributed by atoms with Crippen molar-refractivity contribution in [1.29, 1.82) is 0 Å². The van der Waals surface area contributed by atoms with Crippen LogP contribution in [-0.2, 0) is 6.54 Å². The number of fused-ring (bicyclic) bond motifs is 1. The Bertz CT molecular complexity index is 488. The Kier molecular flexibility index (Phi) is 4.19. The van der Waals surface area contributed by atoms with Crippen molar-refractivity contribution in [2.45, 2.75) is 25.5 Å². The van der Waals surface area contributed by atoms with Gasteiger partial charge in [0.2, 0.25) is 0 Å². The number of aliphatic hydroxyl groups excluding tert-OH is 1. The second-order valence-electron chi connectivity index (χ2n) is 5.78. The summed E-state index contributed by atoms with van der Waals surface area (Å²) < 4.78 is 12.3. The zero-order chi connectivity index (χ0) is 14.1. The SMILES string of the molecule is CN(Cc1cc2c(cc1Br)OCCO2)CC1CC(O)C1. The molecule has 0 atom stereocenters. The maximum atomic E-state index is 9.34. The van der Waals surface area contributed by atoms with Crippen LogP contribution in [0.5, 0.6) is 11.5 Å². The predicted octanol–water partition coefficient (Wildman–Crippen LogP) is 2.42. The number of rotatable bonds is 4. The van der Waals surface area contributed by atoms with E-state index in [0.717, 1.165) is 41.9 Å². The second-order valence-corrected chi connectivity index (χ2v) is 6.63. The van der Waals surface area contributed by atoms with Crippen LogP contribution in [0.2, 0.25) is 0 Å². The molecule has 110 valence electrons.